The number of nitriles is 1. The lowest BCUT2D eigenvalue weighted by Crippen LogP contribution is -1.92. The van der Waals surface area contributed by atoms with Crippen LogP contribution in [-0.2, 0) is 6.42 Å². The average Bonchev–Trinajstić information content (AvgIpc) is 2.38. The molecule has 1 heterocycles. The summed E-state index contributed by atoms with van der Waals surface area (Å²) in [6.07, 6.45) is 2.65. The van der Waals surface area contributed by atoms with E-state index < -0.39 is 0 Å². The summed E-state index contributed by atoms with van der Waals surface area (Å²) in [5.74, 6) is 0. The van der Waals surface area contributed by atoms with Crippen LogP contribution >= 0.6 is 0 Å². The highest BCUT2D eigenvalue weighted by Crippen LogP contribution is 2.25. The van der Waals surface area contributed by atoms with Gasteiger partial charge in [-0.25, -0.2) is 0 Å². The lowest BCUT2D eigenvalue weighted by atomic mass is 10.00. The van der Waals surface area contributed by atoms with E-state index in [1.807, 2.05) is 24.3 Å². The van der Waals surface area contributed by atoms with Gasteiger partial charge in [-0.2, -0.15) is 5.26 Å². The minimum Gasteiger partial charge on any atom is -0.399 e. The molecule has 0 saturated heterocycles. The topological polar surface area (TPSA) is 62.7 Å². The van der Waals surface area contributed by atoms with Gasteiger partial charge in [0.05, 0.1) is 11.6 Å². The van der Waals surface area contributed by atoms with E-state index in [-0.39, 0.29) is 0 Å². The zero-order chi connectivity index (χ0) is 12.3. The van der Waals surface area contributed by atoms with Gasteiger partial charge in [-0.15, -0.1) is 0 Å². The Hall–Kier alpha value is -2.34. The molecule has 84 valence electrons. The molecule has 2 rings (SSSR count). The zero-order valence-corrected chi connectivity index (χ0v) is 9.64. The number of nitrogen functional groups attached to an aromatic ring is 1. The van der Waals surface area contributed by atoms with Crippen molar-refractivity contribution in [1.82, 2.24) is 4.98 Å². The second kappa shape index (κ2) is 4.67. The normalized spacial score (nSPS) is 9.88. The third kappa shape index (κ3) is 2.26. The first kappa shape index (κ1) is 11.2. The third-order valence-electron chi connectivity index (χ3n) is 2.65. The van der Waals surface area contributed by atoms with Crippen LogP contribution in [0.4, 0.5) is 5.69 Å². The third-order valence-corrected chi connectivity index (χ3v) is 2.65. The van der Waals surface area contributed by atoms with Crippen LogP contribution < -0.4 is 5.73 Å². The molecule has 0 aliphatic carbocycles. The molecule has 0 amide bonds. The van der Waals surface area contributed by atoms with Gasteiger partial charge in [0, 0.05) is 17.6 Å². The van der Waals surface area contributed by atoms with Gasteiger partial charge >= 0.3 is 0 Å². The number of pyridine rings is 1. The van der Waals surface area contributed by atoms with Crippen LogP contribution in [0, 0.1) is 11.3 Å². The molecule has 2 aromatic rings. The van der Waals surface area contributed by atoms with Crippen molar-refractivity contribution in [2.24, 2.45) is 0 Å². The first-order valence-electron chi connectivity index (χ1n) is 5.49. The van der Waals surface area contributed by atoms with E-state index in [2.05, 4.69) is 18.0 Å². The minimum atomic E-state index is 0.596. The second-order valence-corrected chi connectivity index (χ2v) is 3.81. The Morgan fingerprint density at radius 1 is 1.29 bits per heavy atom. The van der Waals surface area contributed by atoms with Crippen LogP contribution in [0.5, 0.6) is 0 Å². The fourth-order valence-electron chi connectivity index (χ4n) is 1.75. The summed E-state index contributed by atoms with van der Waals surface area (Å²) in [5.41, 5.74) is 9.80. The summed E-state index contributed by atoms with van der Waals surface area (Å²) in [4.78, 5) is 4.25. The van der Waals surface area contributed by atoms with E-state index in [1.54, 1.807) is 12.3 Å². The molecule has 1 aromatic carbocycles. The lowest BCUT2D eigenvalue weighted by molar-refractivity contribution is 1.04. The number of hydrogen-bond donors (Lipinski definition) is 1. The largest absolute Gasteiger partial charge is 0.399 e. The Morgan fingerprint density at radius 3 is 2.82 bits per heavy atom. The predicted molar refractivity (Wildman–Crippen MR) is 68.2 cm³/mol. The summed E-state index contributed by atoms with van der Waals surface area (Å²) in [7, 11) is 0. The van der Waals surface area contributed by atoms with Gasteiger partial charge in [0.1, 0.15) is 0 Å². The van der Waals surface area contributed by atoms with E-state index in [1.165, 1.54) is 0 Å². The summed E-state index contributed by atoms with van der Waals surface area (Å²) in [6.45, 7) is 2.06. The molecule has 0 aliphatic heterocycles. The van der Waals surface area contributed by atoms with Gasteiger partial charge in [0.25, 0.3) is 0 Å². The molecule has 0 bridgehead atoms. The van der Waals surface area contributed by atoms with Crippen LogP contribution in [0.15, 0.2) is 36.5 Å². The monoisotopic (exact) mass is 223 g/mol. The second-order valence-electron chi connectivity index (χ2n) is 3.81. The Balaban J connectivity index is 2.56. The first-order chi connectivity index (χ1) is 8.24. The maximum absolute atomic E-state index is 9.11. The average molecular weight is 223 g/mol. The van der Waals surface area contributed by atoms with Crippen molar-refractivity contribution in [3.63, 3.8) is 0 Å². The van der Waals surface area contributed by atoms with Crippen molar-refractivity contribution in [3.8, 4) is 17.2 Å². The number of nitrogens with zero attached hydrogens (tertiary/aromatic N) is 2. The molecule has 17 heavy (non-hydrogen) atoms. The fraction of sp³-hybridized carbons (Fsp3) is 0.143. The van der Waals surface area contributed by atoms with Gasteiger partial charge in [-0.3, -0.25) is 4.98 Å². The molecular formula is C14H13N3. The quantitative estimate of drug-likeness (QED) is 0.796. The van der Waals surface area contributed by atoms with Crippen molar-refractivity contribution >= 4 is 5.69 Å². The molecular weight excluding hydrogens is 210 g/mol. The number of rotatable bonds is 2. The van der Waals surface area contributed by atoms with E-state index in [0.717, 1.165) is 23.2 Å². The number of aryl methyl sites for hydroxylation is 1. The Kier molecular flexibility index (Phi) is 3.06. The highest BCUT2D eigenvalue weighted by molar-refractivity contribution is 5.72. The van der Waals surface area contributed by atoms with Crippen LogP contribution in [0.3, 0.4) is 0 Å². The smallest absolute Gasteiger partial charge is 0.0998 e. The highest BCUT2D eigenvalue weighted by atomic mass is 14.7. The van der Waals surface area contributed by atoms with Crippen molar-refractivity contribution in [1.29, 1.82) is 5.26 Å². The van der Waals surface area contributed by atoms with Crippen LogP contribution in [0.1, 0.15) is 18.2 Å². The summed E-state index contributed by atoms with van der Waals surface area (Å²) in [5, 5.41) is 9.11. The van der Waals surface area contributed by atoms with Gasteiger partial charge in [-0.05, 0) is 41.8 Å². The zero-order valence-electron chi connectivity index (χ0n) is 9.64. The lowest BCUT2D eigenvalue weighted by Gasteiger charge is -2.06. The maximum Gasteiger partial charge on any atom is 0.0998 e. The Labute approximate surface area is 101 Å². The molecule has 0 unspecified atom stereocenters. The Morgan fingerprint density at radius 2 is 2.12 bits per heavy atom. The van der Waals surface area contributed by atoms with E-state index in [9.17, 15) is 0 Å². The summed E-state index contributed by atoms with van der Waals surface area (Å²) >= 11 is 0. The van der Waals surface area contributed by atoms with Crippen LogP contribution in [0.2, 0.25) is 0 Å². The fourth-order valence-corrected chi connectivity index (χ4v) is 1.75. The van der Waals surface area contributed by atoms with E-state index >= 15 is 0 Å². The van der Waals surface area contributed by atoms with E-state index in [4.69, 9.17) is 11.0 Å². The van der Waals surface area contributed by atoms with Gasteiger partial charge in [-0.1, -0.05) is 13.0 Å². The molecule has 1 aromatic heterocycles. The number of benzene rings is 1. The molecule has 0 spiro atoms. The standard InChI is InChI=1S/C14H13N3/c1-2-13-8-10(5-6-17-13)14-4-3-12(16)7-11(14)9-15/h3-8H,2,16H2,1H3. The molecule has 2 N–H and O–H groups in total. The van der Waals surface area contributed by atoms with E-state index in [0.29, 0.717) is 11.3 Å². The summed E-state index contributed by atoms with van der Waals surface area (Å²) < 4.78 is 0. The molecule has 0 aliphatic rings. The molecule has 0 fully saturated rings. The van der Waals surface area contributed by atoms with Gasteiger partial charge < -0.3 is 5.73 Å². The number of hydrogen-bond acceptors (Lipinski definition) is 3. The van der Waals surface area contributed by atoms with Crippen LogP contribution in [-0.4, -0.2) is 4.98 Å². The number of nitrogens with two attached hydrogens (primary N) is 1. The SMILES string of the molecule is CCc1cc(-c2ccc(N)cc2C#N)ccn1. The number of aromatic nitrogens is 1. The molecule has 0 radical (unpaired) electrons. The van der Waals surface area contributed by atoms with Crippen molar-refractivity contribution in [3.05, 3.63) is 47.8 Å². The predicted octanol–water partition coefficient (Wildman–Crippen LogP) is 2.76. The van der Waals surface area contributed by atoms with Gasteiger partial charge in [0.15, 0.2) is 0 Å². The first-order valence-corrected chi connectivity index (χ1v) is 5.49. The van der Waals surface area contributed by atoms with Crippen molar-refractivity contribution < 1.29 is 0 Å². The van der Waals surface area contributed by atoms with Gasteiger partial charge in [0.2, 0.25) is 0 Å². The van der Waals surface area contributed by atoms with Crippen molar-refractivity contribution in [2.75, 3.05) is 5.73 Å². The Bertz CT molecular complexity index is 582. The summed E-state index contributed by atoms with van der Waals surface area (Å²) in [6, 6.07) is 11.5. The number of anilines is 1. The molecule has 3 nitrogen and oxygen atoms in total. The molecule has 3 heteroatoms. The minimum absolute atomic E-state index is 0.596. The molecule has 0 atom stereocenters. The van der Waals surface area contributed by atoms with Crippen molar-refractivity contribution in [2.45, 2.75) is 13.3 Å². The van der Waals surface area contributed by atoms with Crippen LogP contribution in [0.25, 0.3) is 11.1 Å². The highest BCUT2D eigenvalue weighted by Gasteiger charge is 2.06. The molecule has 0 saturated carbocycles. The maximum atomic E-state index is 9.11.